The lowest BCUT2D eigenvalue weighted by atomic mass is 9.73. The molecular formula is C26H29ClN2O2. The molecule has 0 radical (unpaired) electrons. The zero-order valence-electron chi connectivity index (χ0n) is 17.9. The van der Waals surface area contributed by atoms with Gasteiger partial charge in [-0.15, -0.1) is 0 Å². The molecule has 2 N–H and O–H groups in total. The molecule has 5 heteroatoms. The first-order valence-electron chi connectivity index (χ1n) is 11.5. The zero-order chi connectivity index (χ0) is 21.1. The van der Waals surface area contributed by atoms with E-state index in [2.05, 4.69) is 34.1 Å². The third-order valence-corrected chi connectivity index (χ3v) is 8.17. The third-order valence-electron chi connectivity index (χ3n) is 7.86. The van der Waals surface area contributed by atoms with Crippen molar-refractivity contribution in [3.63, 3.8) is 0 Å². The topological polar surface area (TPSA) is 48.5 Å². The number of fused-ring (bicyclic) bond motifs is 4. The lowest BCUT2D eigenvalue weighted by molar-refractivity contribution is 0.0583. The summed E-state index contributed by atoms with van der Waals surface area (Å²) in [6.07, 6.45) is 4.12. The first-order valence-corrected chi connectivity index (χ1v) is 11.8. The summed E-state index contributed by atoms with van der Waals surface area (Å²) in [6.45, 7) is 2.16. The molecule has 0 amide bonds. The van der Waals surface area contributed by atoms with Gasteiger partial charge in [0.2, 0.25) is 0 Å². The number of aliphatic hydroxyl groups excluding tert-OH is 1. The van der Waals surface area contributed by atoms with E-state index in [0.29, 0.717) is 17.8 Å². The van der Waals surface area contributed by atoms with Gasteiger partial charge < -0.3 is 14.8 Å². The van der Waals surface area contributed by atoms with Gasteiger partial charge in [0, 0.05) is 35.1 Å². The van der Waals surface area contributed by atoms with Gasteiger partial charge in [-0.25, -0.2) is 0 Å². The minimum atomic E-state index is -0.181. The zero-order valence-corrected chi connectivity index (χ0v) is 18.6. The van der Waals surface area contributed by atoms with E-state index in [1.165, 1.54) is 34.1 Å². The second-order valence-corrected chi connectivity index (χ2v) is 10.1. The summed E-state index contributed by atoms with van der Waals surface area (Å²) in [4.78, 5) is 6.29. The Kier molecular flexibility index (Phi) is 4.78. The van der Waals surface area contributed by atoms with Crippen LogP contribution in [-0.4, -0.2) is 41.3 Å². The molecule has 2 heterocycles. The number of piperidine rings is 1. The third kappa shape index (κ3) is 3.36. The average Bonchev–Trinajstić information content (AvgIpc) is 3.37. The Labute approximate surface area is 188 Å². The standard InChI is InChI=1S/C26H29ClN2O2/c1-31-18-5-2-4-16(10-18)26(20-13-24(20)30)29-9-8-15-12-23-19(11-17(15)14-29)25-21(27)6-3-7-22(25)28-23/h2-7,10,15,17,20,24,26,28,30H,8-9,11-14H2,1H3. The van der Waals surface area contributed by atoms with Crippen molar-refractivity contribution in [1.29, 1.82) is 0 Å². The Morgan fingerprint density at radius 2 is 2.00 bits per heavy atom. The lowest BCUT2D eigenvalue weighted by Crippen LogP contribution is -2.46. The summed E-state index contributed by atoms with van der Waals surface area (Å²) in [5.41, 5.74) is 5.25. The Hall–Kier alpha value is -2.01. The number of aromatic amines is 1. The van der Waals surface area contributed by atoms with E-state index in [0.717, 1.165) is 43.1 Å². The number of aliphatic hydroxyl groups is 1. The number of rotatable bonds is 4. The molecule has 5 atom stereocenters. The molecule has 1 aromatic heterocycles. The van der Waals surface area contributed by atoms with Crippen molar-refractivity contribution in [2.45, 2.75) is 37.8 Å². The SMILES string of the molecule is COc1cccc(C(C2CC2O)N2CCC3Cc4[nH]c5cccc(Cl)c5c4CC3C2)c1. The average molecular weight is 437 g/mol. The maximum Gasteiger partial charge on any atom is 0.119 e. The molecule has 0 bridgehead atoms. The second-order valence-electron chi connectivity index (χ2n) is 9.64. The number of aromatic nitrogens is 1. The monoisotopic (exact) mass is 436 g/mol. The molecule has 0 spiro atoms. The first kappa shape index (κ1) is 19.7. The Bertz CT molecular complexity index is 1130. The van der Waals surface area contributed by atoms with Crippen LogP contribution in [0.1, 0.15) is 35.7 Å². The fraction of sp³-hybridized carbons (Fsp3) is 0.462. The van der Waals surface area contributed by atoms with Crippen LogP contribution in [-0.2, 0) is 12.8 Å². The minimum Gasteiger partial charge on any atom is -0.497 e. The fourth-order valence-electron chi connectivity index (χ4n) is 6.20. The summed E-state index contributed by atoms with van der Waals surface area (Å²) in [5, 5.41) is 12.4. The van der Waals surface area contributed by atoms with Gasteiger partial charge >= 0.3 is 0 Å². The summed E-state index contributed by atoms with van der Waals surface area (Å²) < 4.78 is 5.49. The molecule has 1 saturated heterocycles. The van der Waals surface area contributed by atoms with Crippen LogP contribution in [0.5, 0.6) is 5.75 Å². The molecule has 6 rings (SSSR count). The molecule has 162 valence electrons. The van der Waals surface area contributed by atoms with Crippen LogP contribution in [0.4, 0.5) is 0 Å². The Balaban J connectivity index is 1.30. The smallest absolute Gasteiger partial charge is 0.119 e. The maximum atomic E-state index is 10.3. The van der Waals surface area contributed by atoms with Gasteiger partial charge in [-0.05, 0) is 79.5 Å². The van der Waals surface area contributed by atoms with Gasteiger partial charge in [-0.2, -0.15) is 0 Å². The summed E-state index contributed by atoms with van der Waals surface area (Å²) in [5.74, 6) is 2.56. The van der Waals surface area contributed by atoms with Gasteiger partial charge in [0.05, 0.1) is 18.2 Å². The molecule has 1 saturated carbocycles. The van der Waals surface area contributed by atoms with Crippen LogP contribution in [0, 0.1) is 17.8 Å². The van der Waals surface area contributed by atoms with Crippen LogP contribution in [0.15, 0.2) is 42.5 Å². The maximum absolute atomic E-state index is 10.3. The molecule has 4 nitrogen and oxygen atoms in total. The summed E-state index contributed by atoms with van der Waals surface area (Å²) in [6, 6.07) is 14.9. The molecule has 5 unspecified atom stereocenters. The van der Waals surface area contributed by atoms with E-state index in [-0.39, 0.29) is 12.1 Å². The summed E-state index contributed by atoms with van der Waals surface area (Å²) in [7, 11) is 1.72. The predicted octanol–water partition coefficient (Wildman–Crippen LogP) is 4.99. The lowest BCUT2D eigenvalue weighted by Gasteiger charge is -2.44. The van der Waals surface area contributed by atoms with Gasteiger partial charge in [0.25, 0.3) is 0 Å². The predicted molar refractivity (Wildman–Crippen MR) is 124 cm³/mol. The van der Waals surface area contributed by atoms with Crippen LogP contribution < -0.4 is 4.74 Å². The van der Waals surface area contributed by atoms with Crippen LogP contribution in [0.3, 0.4) is 0 Å². The van der Waals surface area contributed by atoms with Crippen LogP contribution in [0.25, 0.3) is 10.9 Å². The molecule has 3 aliphatic rings. The van der Waals surface area contributed by atoms with Crippen molar-refractivity contribution in [1.82, 2.24) is 9.88 Å². The van der Waals surface area contributed by atoms with Crippen molar-refractivity contribution in [2.75, 3.05) is 20.2 Å². The van der Waals surface area contributed by atoms with E-state index in [1.807, 2.05) is 18.2 Å². The van der Waals surface area contributed by atoms with E-state index in [4.69, 9.17) is 16.3 Å². The van der Waals surface area contributed by atoms with E-state index in [9.17, 15) is 5.11 Å². The Morgan fingerprint density at radius 3 is 2.81 bits per heavy atom. The molecule has 1 aliphatic heterocycles. The number of hydrogen-bond acceptors (Lipinski definition) is 3. The number of nitrogens with one attached hydrogen (secondary N) is 1. The van der Waals surface area contributed by atoms with Crippen molar-refractivity contribution in [3.8, 4) is 5.75 Å². The minimum absolute atomic E-state index is 0.181. The number of hydrogen-bond donors (Lipinski definition) is 2. The molecule has 2 aliphatic carbocycles. The van der Waals surface area contributed by atoms with Gasteiger partial charge in [-0.3, -0.25) is 4.90 Å². The quantitative estimate of drug-likeness (QED) is 0.605. The van der Waals surface area contributed by atoms with Crippen molar-refractivity contribution < 1.29 is 9.84 Å². The molecule has 3 aromatic rings. The van der Waals surface area contributed by atoms with Gasteiger partial charge in [0.1, 0.15) is 5.75 Å². The normalized spacial score (nSPS) is 28.7. The van der Waals surface area contributed by atoms with E-state index in [1.54, 1.807) is 7.11 Å². The van der Waals surface area contributed by atoms with Gasteiger partial charge in [-0.1, -0.05) is 29.8 Å². The summed E-state index contributed by atoms with van der Waals surface area (Å²) >= 11 is 6.59. The molecule has 31 heavy (non-hydrogen) atoms. The van der Waals surface area contributed by atoms with Crippen molar-refractivity contribution >= 4 is 22.5 Å². The number of methoxy groups -OCH3 is 1. The highest BCUT2D eigenvalue weighted by molar-refractivity contribution is 6.35. The highest BCUT2D eigenvalue weighted by Gasteiger charge is 2.47. The number of H-pyrrole nitrogens is 1. The Morgan fingerprint density at radius 1 is 1.16 bits per heavy atom. The largest absolute Gasteiger partial charge is 0.497 e. The molecule has 2 aromatic carbocycles. The number of halogens is 1. The van der Waals surface area contributed by atoms with E-state index >= 15 is 0 Å². The highest BCUT2D eigenvalue weighted by Crippen LogP contribution is 2.48. The van der Waals surface area contributed by atoms with Crippen LogP contribution in [0.2, 0.25) is 5.02 Å². The fourth-order valence-corrected chi connectivity index (χ4v) is 6.49. The van der Waals surface area contributed by atoms with Crippen molar-refractivity contribution in [3.05, 3.63) is 64.3 Å². The number of nitrogens with zero attached hydrogens (tertiary/aromatic N) is 1. The second kappa shape index (κ2) is 7.54. The molecule has 2 fully saturated rings. The number of ether oxygens (including phenoxy) is 1. The van der Waals surface area contributed by atoms with Crippen LogP contribution >= 0.6 is 11.6 Å². The number of benzene rings is 2. The number of likely N-dealkylation sites (tertiary alicyclic amines) is 1. The van der Waals surface area contributed by atoms with E-state index < -0.39 is 0 Å². The highest BCUT2D eigenvalue weighted by atomic mass is 35.5. The first-order chi connectivity index (χ1) is 15.1. The van der Waals surface area contributed by atoms with Gasteiger partial charge in [0.15, 0.2) is 0 Å². The van der Waals surface area contributed by atoms with Crippen molar-refractivity contribution in [2.24, 2.45) is 17.8 Å². The molecular weight excluding hydrogens is 408 g/mol.